The molecule has 0 atom stereocenters. The Hall–Kier alpha value is -0.280. The summed E-state index contributed by atoms with van der Waals surface area (Å²) in [6.07, 6.45) is 1.68. The molecule has 1 aromatic rings. The minimum Gasteiger partial charge on any atom is -0.457 e. The highest BCUT2D eigenvalue weighted by molar-refractivity contribution is 9.10. The SMILES string of the molecule is CCNCc1ccoc1Br. The van der Waals surface area contributed by atoms with Crippen molar-refractivity contribution in [2.24, 2.45) is 0 Å². The summed E-state index contributed by atoms with van der Waals surface area (Å²) >= 11 is 3.29. The molecular formula is C7H10BrNO. The number of nitrogens with one attached hydrogen (secondary N) is 1. The van der Waals surface area contributed by atoms with Crippen LogP contribution < -0.4 is 5.32 Å². The zero-order valence-electron chi connectivity index (χ0n) is 5.86. The Morgan fingerprint density at radius 3 is 3.00 bits per heavy atom. The van der Waals surface area contributed by atoms with Gasteiger partial charge in [0.1, 0.15) is 0 Å². The molecule has 1 aromatic heterocycles. The van der Waals surface area contributed by atoms with Crippen LogP contribution in [0.3, 0.4) is 0 Å². The van der Waals surface area contributed by atoms with Crippen molar-refractivity contribution < 1.29 is 4.42 Å². The molecule has 1 heterocycles. The zero-order valence-corrected chi connectivity index (χ0v) is 7.44. The molecule has 0 unspecified atom stereocenters. The lowest BCUT2D eigenvalue weighted by Gasteiger charge is -1.96. The second-order valence-corrected chi connectivity index (χ2v) is 2.72. The molecule has 0 fully saturated rings. The summed E-state index contributed by atoms with van der Waals surface area (Å²) in [6, 6.07) is 1.95. The molecule has 0 bridgehead atoms. The van der Waals surface area contributed by atoms with Gasteiger partial charge >= 0.3 is 0 Å². The number of rotatable bonds is 3. The van der Waals surface area contributed by atoms with Gasteiger partial charge in [-0.1, -0.05) is 6.92 Å². The first-order valence-electron chi connectivity index (χ1n) is 3.27. The van der Waals surface area contributed by atoms with Crippen molar-refractivity contribution in [3.8, 4) is 0 Å². The van der Waals surface area contributed by atoms with Crippen LogP contribution in [0.1, 0.15) is 12.5 Å². The van der Waals surface area contributed by atoms with E-state index in [9.17, 15) is 0 Å². The van der Waals surface area contributed by atoms with E-state index in [2.05, 4.69) is 28.2 Å². The molecule has 0 aliphatic heterocycles. The molecule has 0 amide bonds. The maximum absolute atomic E-state index is 5.04. The molecule has 0 spiro atoms. The van der Waals surface area contributed by atoms with Crippen LogP contribution in [-0.2, 0) is 6.54 Å². The van der Waals surface area contributed by atoms with E-state index < -0.39 is 0 Å². The molecule has 0 radical (unpaired) electrons. The van der Waals surface area contributed by atoms with Crippen molar-refractivity contribution in [3.05, 3.63) is 22.6 Å². The Morgan fingerprint density at radius 2 is 2.50 bits per heavy atom. The normalized spacial score (nSPS) is 10.2. The Bertz CT molecular complexity index is 197. The van der Waals surface area contributed by atoms with E-state index in [4.69, 9.17) is 4.42 Å². The standard InChI is InChI=1S/C7H10BrNO/c1-2-9-5-6-3-4-10-7(6)8/h3-4,9H,2,5H2,1H3. The Labute approximate surface area is 68.7 Å². The van der Waals surface area contributed by atoms with Crippen LogP contribution in [-0.4, -0.2) is 6.54 Å². The average molecular weight is 204 g/mol. The first-order chi connectivity index (χ1) is 4.84. The predicted octanol–water partition coefficient (Wildman–Crippen LogP) is 2.15. The Balaban J connectivity index is 2.49. The Kier molecular flexibility index (Phi) is 2.96. The molecule has 0 aromatic carbocycles. The number of hydrogen-bond donors (Lipinski definition) is 1. The van der Waals surface area contributed by atoms with Gasteiger partial charge in [-0.05, 0) is 28.5 Å². The summed E-state index contributed by atoms with van der Waals surface area (Å²) in [6.45, 7) is 3.93. The van der Waals surface area contributed by atoms with Crippen molar-refractivity contribution in [1.29, 1.82) is 0 Å². The van der Waals surface area contributed by atoms with Crippen LogP contribution >= 0.6 is 15.9 Å². The van der Waals surface area contributed by atoms with Crippen molar-refractivity contribution in [2.45, 2.75) is 13.5 Å². The second kappa shape index (κ2) is 3.78. The fourth-order valence-electron chi connectivity index (χ4n) is 0.705. The van der Waals surface area contributed by atoms with Gasteiger partial charge in [-0.25, -0.2) is 0 Å². The summed E-state index contributed by atoms with van der Waals surface area (Å²) in [5.41, 5.74) is 1.17. The van der Waals surface area contributed by atoms with E-state index in [0.29, 0.717) is 0 Å². The molecule has 1 rings (SSSR count). The summed E-state index contributed by atoms with van der Waals surface area (Å²) in [4.78, 5) is 0. The first kappa shape index (κ1) is 7.82. The first-order valence-corrected chi connectivity index (χ1v) is 4.06. The molecule has 2 nitrogen and oxygen atoms in total. The van der Waals surface area contributed by atoms with Crippen LogP contribution in [0.15, 0.2) is 21.4 Å². The smallest absolute Gasteiger partial charge is 0.173 e. The average Bonchev–Trinajstić information content (AvgIpc) is 2.31. The van der Waals surface area contributed by atoms with Crippen molar-refractivity contribution >= 4 is 15.9 Å². The van der Waals surface area contributed by atoms with Crippen molar-refractivity contribution in [1.82, 2.24) is 5.32 Å². The van der Waals surface area contributed by atoms with Gasteiger partial charge in [0.2, 0.25) is 0 Å². The van der Waals surface area contributed by atoms with E-state index in [1.54, 1.807) is 6.26 Å². The maximum Gasteiger partial charge on any atom is 0.173 e. The van der Waals surface area contributed by atoms with Gasteiger partial charge in [-0.2, -0.15) is 0 Å². The predicted molar refractivity (Wildman–Crippen MR) is 43.8 cm³/mol. The molecular weight excluding hydrogens is 194 g/mol. The lowest BCUT2D eigenvalue weighted by molar-refractivity contribution is 0.534. The molecule has 1 N–H and O–H groups in total. The lowest BCUT2D eigenvalue weighted by Crippen LogP contribution is -2.11. The summed E-state index contributed by atoms with van der Waals surface area (Å²) in [7, 11) is 0. The third kappa shape index (κ3) is 1.85. The highest BCUT2D eigenvalue weighted by atomic mass is 79.9. The maximum atomic E-state index is 5.04. The van der Waals surface area contributed by atoms with Crippen LogP contribution in [0.25, 0.3) is 0 Å². The van der Waals surface area contributed by atoms with Crippen molar-refractivity contribution in [2.75, 3.05) is 6.54 Å². The Morgan fingerprint density at radius 1 is 1.70 bits per heavy atom. The molecule has 0 aliphatic rings. The van der Waals surface area contributed by atoms with Crippen LogP contribution in [0.2, 0.25) is 0 Å². The van der Waals surface area contributed by atoms with E-state index >= 15 is 0 Å². The minimum absolute atomic E-state index is 0.827. The largest absolute Gasteiger partial charge is 0.457 e. The fourth-order valence-corrected chi connectivity index (χ4v) is 1.09. The van der Waals surface area contributed by atoms with Gasteiger partial charge in [0, 0.05) is 12.1 Å². The third-order valence-electron chi connectivity index (χ3n) is 1.26. The van der Waals surface area contributed by atoms with Gasteiger partial charge < -0.3 is 9.73 Å². The summed E-state index contributed by atoms with van der Waals surface area (Å²) < 4.78 is 5.87. The number of halogens is 1. The molecule has 0 aliphatic carbocycles. The van der Waals surface area contributed by atoms with E-state index in [0.717, 1.165) is 17.8 Å². The molecule has 0 saturated heterocycles. The summed E-state index contributed by atoms with van der Waals surface area (Å²) in [5.74, 6) is 0. The highest BCUT2D eigenvalue weighted by Gasteiger charge is 1.99. The fraction of sp³-hybridized carbons (Fsp3) is 0.429. The van der Waals surface area contributed by atoms with Gasteiger partial charge in [-0.3, -0.25) is 0 Å². The van der Waals surface area contributed by atoms with E-state index in [1.807, 2.05) is 6.07 Å². The highest BCUT2D eigenvalue weighted by Crippen LogP contribution is 2.16. The molecule has 3 heteroatoms. The monoisotopic (exact) mass is 203 g/mol. The van der Waals surface area contributed by atoms with Crippen LogP contribution in [0, 0.1) is 0 Å². The molecule has 10 heavy (non-hydrogen) atoms. The lowest BCUT2D eigenvalue weighted by atomic mass is 10.3. The molecule has 0 saturated carbocycles. The molecule has 56 valence electrons. The van der Waals surface area contributed by atoms with Crippen molar-refractivity contribution in [3.63, 3.8) is 0 Å². The van der Waals surface area contributed by atoms with Gasteiger partial charge in [0.05, 0.1) is 6.26 Å². The quantitative estimate of drug-likeness (QED) is 0.815. The summed E-state index contributed by atoms with van der Waals surface area (Å²) in [5, 5.41) is 3.20. The second-order valence-electron chi connectivity index (χ2n) is 2.00. The topological polar surface area (TPSA) is 25.2 Å². The zero-order chi connectivity index (χ0) is 7.40. The van der Waals surface area contributed by atoms with Gasteiger partial charge in [0.15, 0.2) is 4.67 Å². The van der Waals surface area contributed by atoms with E-state index in [1.165, 1.54) is 5.56 Å². The van der Waals surface area contributed by atoms with Gasteiger partial charge in [0.25, 0.3) is 0 Å². The minimum atomic E-state index is 0.827. The third-order valence-corrected chi connectivity index (χ3v) is 1.95. The van der Waals surface area contributed by atoms with Crippen LogP contribution in [0.4, 0.5) is 0 Å². The number of hydrogen-bond acceptors (Lipinski definition) is 2. The van der Waals surface area contributed by atoms with Crippen LogP contribution in [0.5, 0.6) is 0 Å². The van der Waals surface area contributed by atoms with Gasteiger partial charge in [-0.15, -0.1) is 0 Å². The number of furan rings is 1. The van der Waals surface area contributed by atoms with E-state index in [-0.39, 0.29) is 0 Å².